The Labute approximate surface area is 145 Å². The van der Waals surface area contributed by atoms with Gasteiger partial charge in [-0.25, -0.2) is 4.98 Å². The summed E-state index contributed by atoms with van der Waals surface area (Å²) in [5, 5.41) is 16.4. The quantitative estimate of drug-likeness (QED) is 0.695. The Morgan fingerprint density at radius 2 is 2.08 bits per heavy atom. The van der Waals surface area contributed by atoms with Gasteiger partial charge in [0.05, 0.1) is 0 Å². The summed E-state index contributed by atoms with van der Waals surface area (Å²) in [6.07, 6.45) is 1.47. The largest absolute Gasteiger partial charge is 0.505 e. The van der Waals surface area contributed by atoms with Crippen LogP contribution in [0.4, 0.5) is 0 Å². The Morgan fingerprint density at radius 1 is 1.29 bits per heavy atom. The maximum absolute atomic E-state index is 11.9. The van der Waals surface area contributed by atoms with E-state index in [1.807, 2.05) is 30.3 Å². The van der Waals surface area contributed by atoms with Gasteiger partial charge in [-0.1, -0.05) is 35.5 Å². The van der Waals surface area contributed by atoms with Crippen LogP contribution in [-0.4, -0.2) is 26.1 Å². The molecule has 0 spiro atoms. The van der Waals surface area contributed by atoms with Crippen molar-refractivity contribution in [1.82, 2.24) is 20.4 Å². The molecule has 7 nitrogen and oxygen atoms in total. The fourth-order valence-corrected chi connectivity index (χ4v) is 2.34. The summed E-state index contributed by atoms with van der Waals surface area (Å²) in [4.78, 5) is 20.1. The van der Waals surface area contributed by atoms with E-state index in [0.717, 1.165) is 5.56 Å². The van der Waals surface area contributed by atoms with Gasteiger partial charge < -0.3 is 14.9 Å². The molecule has 0 aliphatic heterocycles. The molecule has 8 heteroatoms. The van der Waals surface area contributed by atoms with Gasteiger partial charge in [-0.3, -0.25) is 4.79 Å². The first-order valence-corrected chi connectivity index (χ1v) is 7.89. The average molecular weight is 389 g/mol. The van der Waals surface area contributed by atoms with E-state index in [1.165, 1.54) is 12.3 Å². The molecule has 0 atom stereocenters. The molecule has 24 heavy (non-hydrogen) atoms. The predicted octanol–water partition coefficient (Wildman–Crippen LogP) is 2.46. The third-order valence-electron chi connectivity index (χ3n) is 3.16. The molecule has 122 valence electrons. The Kier molecular flexibility index (Phi) is 4.85. The third kappa shape index (κ3) is 3.96. The second-order valence-electron chi connectivity index (χ2n) is 4.97. The van der Waals surface area contributed by atoms with Crippen LogP contribution in [0, 0.1) is 0 Å². The number of hydrogen-bond acceptors (Lipinski definition) is 6. The number of nitrogens with one attached hydrogen (secondary N) is 1. The molecule has 0 saturated carbocycles. The first kappa shape index (κ1) is 16.1. The summed E-state index contributed by atoms with van der Waals surface area (Å²) in [6, 6.07) is 11.1. The second-order valence-corrected chi connectivity index (χ2v) is 5.89. The lowest BCUT2D eigenvalue weighted by Gasteiger charge is -2.03. The van der Waals surface area contributed by atoms with E-state index >= 15 is 0 Å². The van der Waals surface area contributed by atoms with E-state index < -0.39 is 0 Å². The number of carbonyl (C=O) groups is 1. The highest BCUT2D eigenvalue weighted by Crippen LogP contribution is 2.27. The highest BCUT2D eigenvalue weighted by molar-refractivity contribution is 9.10. The van der Waals surface area contributed by atoms with Gasteiger partial charge >= 0.3 is 0 Å². The van der Waals surface area contributed by atoms with Crippen molar-refractivity contribution >= 4 is 21.8 Å². The maximum atomic E-state index is 11.9. The number of nitrogens with zero attached hydrogens (tertiary/aromatic N) is 3. The zero-order valence-corrected chi connectivity index (χ0v) is 14.0. The van der Waals surface area contributed by atoms with Crippen LogP contribution in [0.3, 0.4) is 0 Å². The smallest absolute Gasteiger partial charge is 0.236 e. The van der Waals surface area contributed by atoms with Crippen molar-refractivity contribution in [3.63, 3.8) is 0 Å². The summed E-state index contributed by atoms with van der Waals surface area (Å²) in [5.74, 6) is -0.0298. The maximum Gasteiger partial charge on any atom is 0.236 e. The van der Waals surface area contributed by atoms with Crippen LogP contribution < -0.4 is 5.32 Å². The molecule has 0 aliphatic rings. The molecular formula is C16H13BrN4O3. The zero-order chi connectivity index (χ0) is 16.9. The van der Waals surface area contributed by atoms with Crippen LogP contribution in [-0.2, 0) is 17.8 Å². The molecule has 1 amide bonds. The normalized spacial score (nSPS) is 10.5. The lowest BCUT2D eigenvalue weighted by Crippen LogP contribution is -2.24. The summed E-state index contributed by atoms with van der Waals surface area (Å²) >= 11 is 3.20. The van der Waals surface area contributed by atoms with Crippen molar-refractivity contribution in [2.24, 2.45) is 0 Å². The van der Waals surface area contributed by atoms with Gasteiger partial charge in [0.2, 0.25) is 17.6 Å². The Balaban J connectivity index is 1.62. The molecule has 0 aliphatic carbocycles. The number of aromatic hydroxyl groups is 1. The zero-order valence-electron chi connectivity index (χ0n) is 12.4. The number of carbonyl (C=O) groups excluding carboxylic acids is 1. The van der Waals surface area contributed by atoms with Gasteiger partial charge in [-0.05, 0) is 27.6 Å². The highest BCUT2D eigenvalue weighted by atomic mass is 79.9. The van der Waals surface area contributed by atoms with Gasteiger partial charge in [-0.15, -0.1) is 0 Å². The topological polar surface area (TPSA) is 101 Å². The molecule has 0 fully saturated rings. The predicted molar refractivity (Wildman–Crippen MR) is 88.9 cm³/mol. The standard InChI is InChI=1S/C16H13BrN4O3/c17-11-6-12(22)15(19-9-11)16-20-14(24-21-16)7-13(23)18-8-10-4-2-1-3-5-10/h1-6,9,22H,7-8H2,(H,18,23). The molecule has 2 aromatic heterocycles. The monoisotopic (exact) mass is 388 g/mol. The molecule has 0 unspecified atom stereocenters. The number of amides is 1. The van der Waals surface area contributed by atoms with E-state index in [4.69, 9.17) is 4.52 Å². The van der Waals surface area contributed by atoms with Gasteiger partial charge in [0.1, 0.15) is 12.2 Å². The van der Waals surface area contributed by atoms with Crippen molar-refractivity contribution < 1.29 is 14.4 Å². The molecule has 2 heterocycles. The first-order valence-electron chi connectivity index (χ1n) is 7.10. The first-order chi connectivity index (χ1) is 11.6. The molecule has 2 N–H and O–H groups in total. The lowest BCUT2D eigenvalue weighted by molar-refractivity contribution is -0.120. The van der Waals surface area contributed by atoms with Crippen LogP contribution >= 0.6 is 15.9 Å². The number of pyridine rings is 1. The van der Waals surface area contributed by atoms with Crippen LogP contribution in [0.25, 0.3) is 11.5 Å². The Morgan fingerprint density at radius 3 is 2.83 bits per heavy atom. The van der Waals surface area contributed by atoms with Gasteiger partial charge in [0.15, 0.2) is 5.69 Å². The molecule has 0 radical (unpaired) electrons. The Bertz CT molecular complexity index is 852. The van der Waals surface area contributed by atoms with E-state index in [2.05, 4.69) is 36.4 Å². The molecular weight excluding hydrogens is 376 g/mol. The van der Waals surface area contributed by atoms with Gasteiger partial charge in [0, 0.05) is 17.2 Å². The van der Waals surface area contributed by atoms with Crippen LogP contribution in [0.1, 0.15) is 11.5 Å². The minimum absolute atomic E-state index is 0.0445. The lowest BCUT2D eigenvalue weighted by atomic mass is 10.2. The highest BCUT2D eigenvalue weighted by Gasteiger charge is 2.16. The fraction of sp³-hybridized carbons (Fsp3) is 0.125. The van der Waals surface area contributed by atoms with Crippen molar-refractivity contribution in [3.8, 4) is 17.3 Å². The van der Waals surface area contributed by atoms with Crippen LogP contribution in [0.15, 0.2) is 51.6 Å². The van der Waals surface area contributed by atoms with Crippen molar-refractivity contribution in [2.45, 2.75) is 13.0 Å². The number of aromatic nitrogens is 3. The van der Waals surface area contributed by atoms with Crippen LogP contribution in [0.5, 0.6) is 5.75 Å². The van der Waals surface area contributed by atoms with E-state index in [-0.39, 0.29) is 35.5 Å². The third-order valence-corrected chi connectivity index (χ3v) is 3.59. The molecule has 0 saturated heterocycles. The fourth-order valence-electron chi connectivity index (χ4n) is 2.02. The second kappa shape index (κ2) is 7.22. The molecule has 3 rings (SSSR count). The van der Waals surface area contributed by atoms with Crippen molar-refractivity contribution in [3.05, 3.63) is 58.5 Å². The van der Waals surface area contributed by atoms with E-state index in [0.29, 0.717) is 11.0 Å². The number of hydrogen-bond donors (Lipinski definition) is 2. The van der Waals surface area contributed by atoms with E-state index in [9.17, 15) is 9.90 Å². The van der Waals surface area contributed by atoms with E-state index in [1.54, 1.807) is 0 Å². The molecule has 0 bridgehead atoms. The summed E-state index contributed by atoms with van der Waals surface area (Å²) in [7, 11) is 0. The summed E-state index contributed by atoms with van der Waals surface area (Å²) < 4.78 is 5.67. The minimum atomic E-state index is -0.234. The van der Waals surface area contributed by atoms with Gasteiger partial charge in [-0.2, -0.15) is 4.98 Å². The van der Waals surface area contributed by atoms with Crippen molar-refractivity contribution in [2.75, 3.05) is 0 Å². The van der Waals surface area contributed by atoms with Gasteiger partial charge in [0.25, 0.3) is 0 Å². The molecule has 3 aromatic rings. The number of benzene rings is 1. The van der Waals surface area contributed by atoms with Crippen molar-refractivity contribution in [1.29, 1.82) is 0 Å². The van der Waals surface area contributed by atoms with Crippen LogP contribution in [0.2, 0.25) is 0 Å². The minimum Gasteiger partial charge on any atom is -0.505 e. The average Bonchev–Trinajstić information content (AvgIpc) is 3.02. The summed E-state index contributed by atoms with van der Waals surface area (Å²) in [5.41, 5.74) is 1.19. The SMILES string of the molecule is O=C(Cc1nc(-c2ncc(Br)cc2O)no1)NCc1ccccc1. The summed E-state index contributed by atoms with van der Waals surface area (Å²) in [6.45, 7) is 0.426. The Hall–Kier alpha value is -2.74. The number of rotatable bonds is 5. The molecule has 1 aromatic carbocycles. The number of halogens is 1.